The van der Waals surface area contributed by atoms with Crippen LogP contribution in [-0.2, 0) is 0 Å². The lowest BCUT2D eigenvalue weighted by Gasteiger charge is -2.14. The number of hydrogen-bond acceptors (Lipinski definition) is 2. The van der Waals surface area contributed by atoms with Crippen molar-refractivity contribution in [2.75, 3.05) is 11.9 Å². The summed E-state index contributed by atoms with van der Waals surface area (Å²) in [6, 6.07) is 1.68. The summed E-state index contributed by atoms with van der Waals surface area (Å²) >= 11 is 0. The lowest BCUT2D eigenvalue weighted by molar-refractivity contribution is 0.0696. The van der Waals surface area contributed by atoms with Crippen LogP contribution in [0.1, 0.15) is 36.5 Å². The molecule has 0 radical (unpaired) electrons. The number of aromatic carboxylic acids is 1. The topological polar surface area (TPSA) is 49.3 Å². The van der Waals surface area contributed by atoms with E-state index in [0.29, 0.717) is 18.4 Å². The van der Waals surface area contributed by atoms with Gasteiger partial charge in [-0.25, -0.2) is 13.6 Å². The zero-order chi connectivity index (χ0) is 14.0. The van der Waals surface area contributed by atoms with Gasteiger partial charge in [0, 0.05) is 6.54 Å². The molecule has 3 nitrogen and oxygen atoms in total. The molecule has 2 atom stereocenters. The first-order valence-corrected chi connectivity index (χ1v) is 6.43. The van der Waals surface area contributed by atoms with Gasteiger partial charge < -0.3 is 10.4 Å². The van der Waals surface area contributed by atoms with Gasteiger partial charge in [0.1, 0.15) is 17.3 Å². The monoisotopic (exact) mass is 269 g/mol. The van der Waals surface area contributed by atoms with Gasteiger partial charge in [0.15, 0.2) is 0 Å². The van der Waals surface area contributed by atoms with Gasteiger partial charge in [0.05, 0.1) is 5.56 Å². The Hall–Kier alpha value is -1.65. The molecule has 0 bridgehead atoms. The van der Waals surface area contributed by atoms with Crippen molar-refractivity contribution >= 4 is 11.7 Å². The number of hydrogen-bond donors (Lipinski definition) is 2. The van der Waals surface area contributed by atoms with E-state index in [1.54, 1.807) is 0 Å². The number of halogens is 2. The predicted octanol–water partition coefficient (Wildman–Crippen LogP) is 3.51. The molecule has 0 heterocycles. The van der Waals surface area contributed by atoms with Gasteiger partial charge in [-0.15, -0.1) is 0 Å². The van der Waals surface area contributed by atoms with Gasteiger partial charge in [-0.2, -0.15) is 0 Å². The summed E-state index contributed by atoms with van der Waals surface area (Å²) in [6.45, 7) is 2.69. The molecule has 1 aromatic carbocycles. The molecule has 2 N–H and O–H groups in total. The van der Waals surface area contributed by atoms with Crippen LogP contribution >= 0.6 is 0 Å². The van der Waals surface area contributed by atoms with Crippen LogP contribution in [0.5, 0.6) is 0 Å². The van der Waals surface area contributed by atoms with Crippen molar-refractivity contribution in [3.8, 4) is 0 Å². The summed E-state index contributed by atoms with van der Waals surface area (Å²) in [7, 11) is 0. The summed E-state index contributed by atoms with van der Waals surface area (Å²) in [5.41, 5.74) is -0.611. The zero-order valence-corrected chi connectivity index (χ0v) is 10.7. The Labute approximate surface area is 110 Å². The van der Waals surface area contributed by atoms with Gasteiger partial charge in [-0.3, -0.25) is 0 Å². The highest BCUT2D eigenvalue weighted by atomic mass is 19.1. The Morgan fingerprint density at radius 1 is 1.37 bits per heavy atom. The third-order valence-corrected chi connectivity index (χ3v) is 3.66. The number of carboxylic acids is 1. The second-order valence-electron chi connectivity index (χ2n) is 5.29. The molecule has 5 heteroatoms. The molecule has 19 heavy (non-hydrogen) atoms. The fraction of sp³-hybridized carbons (Fsp3) is 0.500. The first-order valence-electron chi connectivity index (χ1n) is 6.43. The Morgan fingerprint density at radius 2 is 2.00 bits per heavy atom. The third kappa shape index (κ3) is 3.22. The van der Waals surface area contributed by atoms with E-state index in [4.69, 9.17) is 5.11 Å². The van der Waals surface area contributed by atoms with Gasteiger partial charge in [-0.05, 0) is 36.8 Å². The number of carbonyl (C=O) groups is 1. The first kappa shape index (κ1) is 13.8. The molecular weight excluding hydrogens is 252 g/mol. The van der Waals surface area contributed by atoms with E-state index in [-0.39, 0.29) is 11.3 Å². The fourth-order valence-corrected chi connectivity index (χ4v) is 2.62. The average molecular weight is 269 g/mol. The van der Waals surface area contributed by atoms with Crippen LogP contribution in [0.15, 0.2) is 12.1 Å². The number of carboxylic acid groups (broad SMARTS) is 1. The van der Waals surface area contributed by atoms with Crippen molar-refractivity contribution in [2.45, 2.75) is 26.2 Å². The second-order valence-corrected chi connectivity index (χ2v) is 5.29. The second kappa shape index (κ2) is 5.55. The SMILES string of the molecule is CC1CCC(CNc2c(F)cc(C(=O)O)cc2F)C1. The van der Waals surface area contributed by atoms with Crippen LogP contribution in [0.3, 0.4) is 0 Å². The quantitative estimate of drug-likeness (QED) is 0.879. The molecule has 1 aliphatic rings. The van der Waals surface area contributed by atoms with E-state index in [1.807, 2.05) is 0 Å². The summed E-state index contributed by atoms with van der Waals surface area (Å²) in [6.07, 6.45) is 3.27. The molecule has 0 amide bonds. The van der Waals surface area contributed by atoms with E-state index >= 15 is 0 Å². The molecule has 104 valence electrons. The summed E-state index contributed by atoms with van der Waals surface area (Å²) < 4.78 is 27.3. The van der Waals surface area contributed by atoms with Crippen molar-refractivity contribution in [3.63, 3.8) is 0 Å². The van der Waals surface area contributed by atoms with E-state index in [0.717, 1.165) is 31.4 Å². The molecule has 1 fully saturated rings. The van der Waals surface area contributed by atoms with Crippen molar-refractivity contribution < 1.29 is 18.7 Å². The van der Waals surface area contributed by atoms with Gasteiger partial charge in [-0.1, -0.05) is 13.3 Å². The molecule has 0 aliphatic heterocycles. The maximum atomic E-state index is 13.7. The van der Waals surface area contributed by atoms with Gasteiger partial charge >= 0.3 is 5.97 Å². The molecule has 2 unspecified atom stereocenters. The maximum absolute atomic E-state index is 13.7. The standard InChI is InChI=1S/C14H17F2NO2/c1-8-2-3-9(4-8)7-17-13-11(15)5-10(14(18)19)6-12(13)16/h5-6,8-9,17H,2-4,7H2,1H3,(H,18,19). The first-order chi connectivity index (χ1) is 8.97. The number of rotatable bonds is 4. The van der Waals surface area contributed by atoms with Crippen molar-refractivity contribution in [1.29, 1.82) is 0 Å². The Bertz CT molecular complexity index is 467. The van der Waals surface area contributed by atoms with Crippen LogP contribution < -0.4 is 5.32 Å². The molecular formula is C14H17F2NO2. The number of benzene rings is 1. The molecule has 1 aliphatic carbocycles. The lowest BCUT2D eigenvalue weighted by Crippen LogP contribution is -2.14. The molecule has 1 saturated carbocycles. The van der Waals surface area contributed by atoms with Crippen molar-refractivity contribution in [3.05, 3.63) is 29.3 Å². The predicted molar refractivity (Wildman–Crippen MR) is 68.3 cm³/mol. The van der Waals surface area contributed by atoms with Crippen molar-refractivity contribution in [1.82, 2.24) is 0 Å². The van der Waals surface area contributed by atoms with E-state index in [9.17, 15) is 13.6 Å². The lowest BCUT2D eigenvalue weighted by atomic mass is 10.1. The van der Waals surface area contributed by atoms with Crippen LogP contribution in [0.2, 0.25) is 0 Å². The van der Waals surface area contributed by atoms with Crippen LogP contribution in [-0.4, -0.2) is 17.6 Å². The Morgan fingerprint density at radius 3 is 2.47 bits per heavy atom. The van der Waals surface area contributed by atoms with Crippen LogP contribution in [0, 0.1) is 23.5 Å². The Balaban J connectivity index is 2.06. The maximum Gasteiger partial charge on any atom is 0.335 e. The highest BCUT2D eigenvalue weighted by molar-refractivity contribution is 5.88. The average Bonchev–Trinajstić information content (AvgIpc) is 2.73. The molecule has 1 aromatic rings. The number of nitrogens with one attached hydrogen (secondary N) is 1. The van der Waals surface area contributed by atoms with Gasteiger partial charge in [0.2, 0.25) is 0 Å². The molecule has 0 aromatic heterocycles. The largest absolute Gasteiger partial charge is 0.478 e. The third-order valence-electron chi connectivity index (χ3n) is 3.66. The van der Waals surface area contributed by atoms with Crippen molar-refractivity contribution in [2.24, 2.45) is 11.8 Å². The normalized spacial score (nSPS) is 22.5. The minimum atomic E-state index is -1.34. The van der Waals surface area contributed by atoms with Crippen LogP contribution in [0.4, 0.5) is 14.5 Å². The van der Waals surface area contributed by atoms with Gasteiger partial charge in [0.25, 0.3) is 0 Å². The molecule has 2 rings (SSSR count). The van der Waals surface area contributed by atoms with Crippen LogP contribution in [0.25, 0.3) is 0 Å². The van der Waals surface area contributed by atoms with E-state index < -0.39 is 17.6 Å². The highest BCUT2D eigenvalue weighted by Gasteiger charge is 2.22. The molecule has 0 spiro atoms. The Kier molecular flexibility index (Phi) is 4.02. The smallest absolute Gasteiger partial charge is 0.335 e. The van der Waals surface area contributed by atoms with E-state index in [2.05, 4.69) is 12.2 Å². The minimum Gasteiger partial charge on any atom is -0.478 e. The summed E-state index contributed by atoms with van der Waals surface area (Å²) in [4.78, 5) is 10.7. The molecule has 0 saturated heterocycles. The minimum absolute atomic E-state index is 0.232. The van der Waals surface area contributed by atoms with E-state index in [1.165, 1.54) is 0 Å². The highest BCUT2D eigenvalue weighted by Crippen LogP contribution is 2.31. The zero-order valence-electron chi connectivity index (χ0n) is 10.7. The number of anilines is 1. The fourth-order valence-electron chi connectivity index (χ4n) is 2.62. The summed E-state index contributed by atoms with van der Waals surface area (Å²) in [5.74, 6) is -1.97. The summed E-state index contributed by atoms with van der Waals surface area (Å²) in [5, 5.41) is 11.5.